The van der Waals surface area contributed by atoms with E-state index in [1.165, 1.54) is 77.1 Å². The highest BCUT2D eigenvalue weighted by Crippen LogP contribution is 2.62. The molecule has 306 valence electrons. The molecule has 1 atom stereocenters. The average Bonchev–Trinajstić information content (AvgIpc) is 3.80. The molecular weight excluding hydrogens is 789 g/mol. The zero-order valence-corrected chi connectivity index (χ0v) is 36.1. The normalized spacial score (nSPS) is 15.8. The van der Waals surface area contributed by atoms with Crippen LogP contribution < -0.4 is 9.64 Å². The number of fused-ring (bicyclic) bond motifs is 14. The molecule has 0 N–H and O–H groups in total. The lowest BCUT2D eigenvalue weighted by Gasteiger charge is -2.45. The lowest BCUT2D eigenvalue weighted by atomic mass is 9.58. The summed E-state index contributed by atoms with van der Waals surface area (Å²) in [5.41, 5.74) is 18.7. The first-order valence-corrected chi connectivity index (χ1v) is 22.7. The maximum Gasteiger partial charge on any atom is 0.134 e. The summed E-state index contributed by atoms with van der Waals surface area (Å²) < 4.78 is 9.55. The molecule has 14 rings (SSSR count). The van der Waals surface area contributed by atoms with Gasteiger partial charge in [-0.2, -0.15) is 0 Å². The standard InChI is InChI=1S/C62H42N2O/c1-61(2)50-24-9-6-21-45(50)48-36-41(30-33-51(48)61)63(42-32-35-57-49(37-42)46-22-8-12-28-56(46)64(57)40-18-4-3-5-19-40)43-31-34-54-59(38-43)65-58-29-13-11-26-53(58)62(54)52-25-10-7-20-44(52)47-23-14-16-39-17-15-27-55(62)60(39)47/h3-38H,1-2H3. The van der Waals surface area contributed by atoms with Gasteiger partial charge >= 0.3 is 0 Å². The molecule has 0 amide bonds. The molecule has 0 saturated carbocycles. The van der Waals surface area contributed by atoms with Gasteiger partial charge in [-0.25, -0.2) is 0 Å². The van der Waals surface area contributed by atoms with E-state index in [1.807, 2.05) is 0 Å². The summed E-state index contributed by atoms with van der Waals surface area (Å²) in [7, 11) is 0. The Kier molecular flexibility index (Phi) is 7.38. The Bertz CT molecular complexity index is 3800. The minimum atomic E-state index is -0.612. The molecule has 3 heteroatoms. The molecule has 11 aromatic rings. The maximum atomic E-state index is 7.16. The molecule has 1 aliphatic heterocycles. The Morgan fingerprint density at radius 3 is 1.80 bits per heavy atom. The lowest BCUT2D eigenvalue weighted by Crippen LogP contribution is -2.36. The van der Waals surface area contributed by atoms with E-state index in [2.05, 4.69) is 242 Å². The second kappa shape index (κ2) is 13.2. The molecule has 1 unspecified atom stereocenters. The molecule has 1 spiro atoms. The van der Waals surface area contributed by atoms with Crippen molar-refractivity contribution in [3.63, 3.8) is 0 Å². The summed E-state index contributed by atoms with van der Waals surface area (Å²) in [6, 6.07) is 80.6. The van der Waals surface area contributed by atoms with E-state index in [1.54, 1.807) is 0 Å². The van der Waals surface area contributed by atoms with Crippen LogP contribution >= 0.6 is 0 Å². The highest BCUT2D eigenvalue weighted by atomic mass is 16.5. The van der Waals surface area contributed by atoms with E-state index in [9.17, 15) is 0 Å². The Balaban J connectivity index is 1.03. The van der Waals surface area contributed by atoms with Crippen molar-refractivity contribution >= 4 is 49.6 Å². The largest absolute Gasteiger partial charge is 0.457 e. The van der Waals surface area contributed by atoms with Crippen molar-refractivity contribution in [1.29, 1.82) is 0 Å². The average molecular weight is 831 g/mol. The van der Waals surface area contributed by atoms with Crippen LogP contribution in [-0.4, -0.2) is 4.57 Å². The summed E-state index contributed by atoms with van der Waals surface area (Å²) in [6.45, 7) is 4.70. The number of nitrogens with zero attached hydrogens (tertiary/aromatic N) is 2. The molecule has 0 saturated heterocycles. The third-order valence-electron chi connectivity index (χ3n) is 14.8. The van der Waals surface area contributed by atoms with E-state index >= 15 is 0 Å². The fourth-order valence-corrected chi connectivity index (χ4v) is 12.1. The van der Waals surface area contributed by atoms with E-state index in [0.717, 1.165) is 45.4 Å². The van der Waals surface area contributed by atoms with Gasteiger partial charge < -0.3 is 14.2 Å². The third-order valence-corrected chi connectivity index (χ3v) is 14.8. The van der Waals surface area contributed by atoms with Crippen LogP contribution in [0.15, 0.2) is 218 Å². The number of hydrogen-bond acceptors (Lipinski definition) is 2. The first kappa shape index (κ1) is 36.4. The van der Waals surface area contributed by atoms with Gasteiger partial charge in [-0.15, -0.1) is 0 Å². The SMILES string of the molecule is CC1(C)c2ccccc2-c2cc(N(c3ccc4c(c3)Oc3ccccc3C43c4ccccc4-c4cccc5cccc3c45)c3ccc4c(c3)c3ccccc3n4-c3ccccc3)ccc21. The van der Waals surface area contributed by atoms with Crippen molar-refractivity contribution < 1.29 is 4.74 Å². The Hall–Kier alpha value is -8.14. The molecule has 65 heavy (non-hydrogen) atoms. The molecule has 2 heterocycles. The first-order chi connectivity index (χ1) is 32.0. The van der Waals surface area contributed by atoms with Crippen LogP contribution in [0.5, 0.6) is 11.5 Å². The summed E-state index contributed by atoms with van der Waals surface area (Å²) in [5, 5.41) is 4.96. The number of anilines is 3. The molecule has 2 aliphatic carbocycles. The maximum absolute atomic E-state index is 7.16. The summed E-state index contributed by atoms with van der Waals surface area (Å²) in [5.74, 6) is 1.73. The Morgan fingerprint density at radius 1 is 0.385 bits per heavy atom. The van der Waals surface area contributed by atoms with Gasteiger partial charge in [0.2, 0.25) is 0 Å². The predicted octanol–water partition coefficient (Wildman–Crippen LogP) is 16.2. The van der Waals surface area contributed by atoms with E-state index in [0.29, 0.717) is 0 Å². The number of hydrogen-bond donors (Lipinski definition) is 0. The third kappa shape index (κ3) is 4.85. The van der Waals surface area contributed by atoms with Gasteiger partial charge in [-0.3, -0.25) is 0 Å². The van der Waals surface area contributed by atoms with Crippen LogP contribution in [0.25, 0.3) is 60.5 Å². The Labute approximate surface area is 378 Å². The fraction of sp³-hybridized carbons (Fsp3) is 0.0645. The van der Waals surface area contributed by atoms with Crippen molar-refractivity contribution in [2.24, 2.45) is 0 Å². The van der Waals surface area contributed by atoms with Gasteiger partial charge in [0.1, 0.15) is 11.5 Å². The molecule has 0 fully saturated rings. The fourth-order valence-electron chi connectivity index (χ4n) is 12.1. The first-order valence-electron chi connectivity index (χ1n) is 22.7. The molecule has 0 bridgehead atoms. The van der Waals surface area contributed by atoms with E-state index in [4.69, 9.17) is 4.74 Å². The van der Waals surface area contributed by atoms with Gasteiger partial charge in [0.25, 0.3) is 0 Å². The van der Waals surface area contributed by atoms with Gasteiger partial charge in [-0.05, 0) is 116 Å². The smallest absolute Gasteiger partial charge is 0.134 e. The van der Waals surface area contributed by atoms with Crippen LogP contribution in [0.1, 0.15) is 47.2 Å². The van der Waals surface area contributed by atoms with Crippen LogP contribution in [0.2, 0.25) is 0 Å². The van der Waals surface area contributed by atoms with E-state index < -0.39 is 5.41 Å². The predicted molar refractivity (Wildman–Crippen MR) is 268 cm³/mol. The summed E-state index contributed by atoms with van der Waals surface area (Å²) in [6.07, 6.45) is 0. The van der Waals surface area contributed by atoms with Gasteiger partial charge in [0, 0.05) is 56.1 Å². The highest BCUT2D eigenvalue weighted by Gasteiger charge is 2.49. The van der Waals surface area contributed by atoms with Gasteiger partial charge in [0.05, 0.1) is 16.4 Å². The van der Waals surface area contributed by atoms with Crippen LogP contribution in [0.3, 0.4) is 0 Å². The second-order valence-corrected chi connectivity index (χ2v) is 18.4. The van der Waals surface area contributed by atoms with E-state index in [-0.39, 0.29) is 5.41 Å². The van der Waals surface area contributed by atoms with Crippen molar-refractivity contribution in [2.75, 3.05) is 4.90 Å². The van der Waals surface area contributed by atoms with Gasteiger partial charge in [-0.1, -0.05) is 166 Å². The monoisotopic (exact) mass is 830 g/mol. The number of benzene rings is 10. The zero-order valence-electron chi connectivity index (χ0n) is 36.1. The van der Waals surface area contributed by atoms with Crippen molar-refractivity contribution in [1.82, 2.24) is 4.57 Å². The van der Waals surface area contributed by atoms with Crippen molar-refractivity contribution in [3.05, 3.63) is 252 Å². The minimum Gasteiger partial charge on any atom is -0.457 e. The van der Waals surface area contributed by atoms with Crippen LogP contribution in [0.4, 0.5) is 17.1 Å². The number of aromatic nitrogens is 1. The molecule has 10 aromatic carbocycles. The molecule has 3 aliphatic rings. The number of para-hydroxylation sites is 3. The topological polar surface area (TPSA) is 17.4 Å². The number of ether oxygens (including phenoxy) is 1. The van der Waals surface area contributed by atoms with Gasteiger partial charge in [0.15, 0.2) is 0 Å². The number of rotatable bonds is 4. The Morgan fingerprint density at radius 2 is 0.954 bits per heavy atom. The second-order valence-electron chi connectivity index (χ2n) is 18.4. The lowest BCUT2D eigenvalue weighted by molar-refractivity contribution is 0.435. The zero-order chi connectivity index (χ0) is 43.0. The molecule has 3 nitrogen and oxygen atoms in total. The quantitative estimate of drug-likeness (QED) is 0.176. The molecular formula is C62H42N2O. The van der Waals surface area contributed by atoms with Crippen LogP contribution in [0, 0.1) is 0 Å². The highest BCUT2D eigenvalue weighted by molar-refractivity contribution is 6.11. The minimum absolute atomic E-state index is 0.105. The van der Waals surface area contributed by atoms with Crippen LogP contribution in [-0.2, 0) is 10.8 Å². The summed E-state index contributed by atoms with van der Waals surface area (Å²) in [4.78, 5) is 2.43. The molecule has 0 radical (unpaired) electrons. The van der Waals surface area contributed by atoms with Crippen molar-refractivity contribution in [2.45, 2.75) is 24.7 Å². The van der Waals surface area contributed by atoms with Crippen molar-refractivity contribution in [3.8, 4) is 39.4 Å². The summed E-state index contributed by atoms with van der Waals surface area (Å²) >= 11 is 0. The molecule has 1 aromatic heterocycles.